The fourth-order valence-corrected chi connectivity index (χ4v) is 4.34. The first-order valence-corrected chi connectivity index (χ1v) is 9.10. The molecule has 132 valence electrons. The maximum atomic E-state index is 13.7. The van der Waals surface area contributed by atoms with Crippen LogP contribution in [-0.2, 0) is 23.7 Å². The van der Waals surface area contributed by atoms with Crippen molar-refractivity contribution in [1.29, 1.82) is 0 Å². The van der Waals surface area contributed by atoms with E-state index in [1.807, 2.05) is 35.1 Å². The summed E-state index contributed by atoms with van der Waals surface area (Å²) in [6.07, 6.45) is 8.65. The summed E-state index contributed by atoms with van der Waals surface area (Å²) >= 11 is 0. The summed E-state index contributed by atoms with van der Waals surface area (Å²) in [7, 11) is 1.92. The summed E-state index contributed by atoms with van der Waals surface area (Å²) in [5.74, 6) is 0.420. The summed E-state index contributed by atoms with van der Waals surface area (Å²) in [6, 6.07) is 6.61. The van der Waals surface area contributed by atoms with Gasteiger partial charge in [-0.3, -0.25) is 9.48 Å². The third-order valence-electron chi connectivity index (χ3n) is 5.85. The average Bonchev–Trinajstić information content (AvgIpc) is 3.16. The Hall–Kier alpha value is -2.17. The van der Waals surface area contributed by atoms with Crippen molar-refractivity contribution >= 4 is 5.91 Å². The minimum Gasteiger partial charge on any atom is -0.342 e. The van der Waals surface area contributed by atoms with Crippen LogP contribution in [0.3, 0.4) is 0 Å². The van der Waals surface area contributed by atoms with Crippen LogP contribution in [0.15, 0.2) is 36.7 Å². The Morgan fingerprint density at radius 3 is 2.88 bits per heavy atom. The first kappa shape index (κ1) is 16.3. The molecule has 1 aliphatic carbocycles. The molecule has 25 heavy (non-hydrogen) atoms. The van der Waals surface area contributed by atoms with Crippen LogP contribution in [-0.4, -0.2) is 33.7 Å². The van der Waals surface area contributed by atoms with Gasteiger partial charge < -0.3 is 4.90 Å². The van der Waals surface area contributed by atoms with Crippen molar-refractivity contribution in [2.45, 2.75) is 37.5 Å². The molecule has 0 spiro atoms. The smallest absolute Gasteiger partial charge is 0.233 e. The van der Waals surface area contributed by atoms with Gasteiger partial charge in [-0.1, -0.05) is 18.6 Å². The molecule has 0 N–H and O–H groups in total. The molecule has 5 heteroatoms. The standard InChI is InChI=1S/C20H24FN3O/c1-23-13-16(12-22-23)10-15-6-9-24(14-15)19(25)20(7-3-8-20)17-4-2-5-18(21)11-17/h2,4-5,11-13,15H,3,6-10,14H2,1H3. The highest BCUT2D eigenvalue weighted by molar-refractivity contribution is 5.89. The first-order valence-electron chi connectivity index (χ1n) is 9.10. The fraction of sp³-hybridized carbons (Fsp3) is 0.500. The Morgan fingerprint density at radius 2 is 2.24 bits per heavy atom. The fourth-order valence-electron chi connectivity index (χ4n) is 4.34. The molecule has 1 saturated heterocycles. The van der Waals surface area contributed by atoms with Crippen LogP contribution in [0.25, 0.3) is 0 Å². The van der Waals surface area contributed by atoms with Gasteiger partial charge in [0.25, 0.3) is 0 Å². The van der Waals surface area contributed by atoms with Gasteiger partial charge in [-0.15, -0.1) is 0 Å². The largest absolute Gasteiger partial charge is 0.342 e. The summed E-state index contributed by atoms with van der Waals surface area (Å²) in [4.78, 5) is 15.3. The Morgan fingerprint density at radius 1 is 1.40 bits per heavy atom. The molecule has 1 aromatic carbocycles. The monoisotopic (exact) mass is 341 g/mol. The number of rotatable bonds is 4. The molecule has 2 fully saturated rings. The minimum atomic E-state index is -0.495. The van der Waals surface area contributed by atoms with Gasteiger partial charge in [-0.05, 0) is 54.9 Å². The van der Waals surface area contributed by atoms with Crippen molar-refractivity contribution in [3.63, 3.8) is 0 Å². The topological polar surface area (TPSA) is 38.1 Å². The van der Waals surface area contributed by atoms with Gasteiger partial charge in [0.05, 0.1) is 11.6 Å². The van der Waals surface area contributed by atoms with Crippen LogP contribution in [0.2, 0.25) is 0 Å². The van der Waals surface area contributed by atoms with E-state index in [4.69, 9.17) is 0 Å². The molecule has 1 aromatic heterocycles. The molecule has 2 heterocycles. The van der Waals surface area contributed by atoms with Gasteiger partial charge in [0.1, 0.15) is 5.82 Å². The van der Waals surface area contributed by atoms with Crippen LogP contribution < -0.4 is 0 Å². The Bertz CT molecular complexity index is 781. The van der Waals surface area contributed by atoms with E-state index >= 15 is 0 Å². The van der Waals surface area contributed by atoms with Crippen molar-refractivity contribution in [2.75, 3.05) is 13.1 Å². The number of nitrogens with zero attached hydrogens (tertiary/aromatic N) is 3. The number of hydrogen-bond acceptors (Lipinski definition) is 2. The van der Waals surface area contributed by atoms with E-state index in [0.717, 1.165) is 50.8 Å². The minimum absolute atomic E-state index is 0.193. The molecule has 1 amide bonds. The zero-order valence-electron chi connectivity index (χ0n) is 14.6. The number of carbonyl (C=O) groups is 1. The molecule has 1 saturated carbocycles. The third kappa shape index (κ3) is 2.96. The quantitative estimate of drug-likeness (QED) is 0.857. The summed E-state index contributed by atoms with van der Waals surface area (Å²) in [5.41, 5.74) is 1.58. The summed E-state index contributed by atoms with van der Waals surface area (Å²) in [6.45, 7) is 1.60. The molecule has 0 radical (unpaired) electrons. The van der Waals surface area contributed by atoms with E-state index < -0.39 is 5.41 Å². The first-order chi connectivity index (χ1) is 12.1. The van der Waals surface area contributed by atoms with Crippen molar-refractivity contribution in [1.82, 2.24) is 14.7 Å². The van der Waals surface area contributed by atoms with Crippen molar-refractivity contribution in [3.8, 4) is 0 Å². The zero-order chi connectivity index (χ0) is 17.4. The van der Waals surface area contributed by atoms with Crippen molar-refractivity contribution in [3.05, 3.63) is 53.6 Å². The Balaban J connectivity index is 1.47. The second kappa shape index (κ2) is 6.28. The van der Waals surface area contributed by atoms with Gasteiger partial charge in [-0.2, -0.15) is 5.10 Å². The number of hydrogen-bond donors (Lipinski definition) is 0. The molecular weight excluding hydrogens is 317 g/mol. The van der Waals surface area contributed by atoms with Gasteiger partial charge in [0, 0.05) is 26.3 Å². The van der Waals surface area contributed by atoms with Gasteiger partial charge >= 0.3 is 0 Å². The lowest BCUT2D eigenvalue weighted by Crippen LogP contribution is -2.50. The summed E-state index contributed by atoms with van der Waals surface area (Å²) < 4.78 is 15.5. The number of aromatic nitrogens is 2. The third-order valence-corrected chi connectivity index (χ3v) is 5.85. The highest BCUT2D eigenvalue weighted by Crippen LogP contribution is 2.46. The van der Waals surface area contributed by atoms with Crippen molar-refractivity contribution < 1.29 is 9.18 Å². The molecule has 2 aromatic rings. The normalized spacial score (nSPS) is 22.0. The van der Waals surface area contributed by atoms with Crippen molar-refractivity contribution in [2.24, 2.45) is 13.0 Å². The van der Waals surface area contributed by atoms with E-state index in [9.17, 15) is 9.18 Å². The van der Waals surface area contributed by atoms with E-state index in [2.05, 4.69) is 5.10 Å². The lowest BCUT2D eigenvalue weighted by Gasteiger charge is -2.43. The number of carbonyl (C=O) groups excluding carboxylic acids is 1. The van der Waals surface area contributed by atoms with Crippen LogP contribution in [0.5, 0.6) is 0 Å². The SMILES string of the molecule is Cn1cc(CC2CCN(C(=O)C3(c4cccc(F)c4)CCC3)C2)cn1. The number of likely N-dealkylation sites (tertiary alicyclic amines) is 1. The lowest BCUT2D eigenvalue weighted by atomic mass is 9.63. The predicted octanol–water partition coefficient (Wildman–Crippen LogP) is 3.07. The molecule has 4 rings (SSSR count). The molecule has 1 aliphatic heterocycles. The van der Waals surface area contributed by atoms with Gasteiger partial charge in [0.15, 0.2) is 0 Å². The Labute approximate surface area is 147 Å². The van der Waals surface area contributed by atoms with Crippen LogP contribution >= 0.6 is 0 Å². The van der Waals surface area contributed by atoms with E-state index in [-0.39, 0.29) is 11.7 Å². The molecule has 0 bridgehead atoms. The van der Waals surface area contributed by atoms with Gasteiger partial charge in [0.2, 0.25) is 5.91 Å². The van der Waals surface area contributed by atoms with E-state index in [1.54, 1.807) is 12.1 Å². The average molecular weight is 341 g/mol. The Kier molecular flexibility index (Phi) is 4.10. The van der Waals surface area contributed by atoms with Crippen LogP contribution in [0.1, 0.15) is 36.8 Å². The van der Waals surface area contributed by atoms with E-state index in [1.165, 1.54) is 11.6 Å². The van der Waals surface area contributed by atoms with Crippen LogP contribution in [0.4, 0.5) is 4.39 Å². The van der Waals surface area contributed by atoms with E-state index in [0.29, 0.717) is 5.92 Å². The maximum Gasteiger partial charge on any atom is 0.233 e. The van der Waals surface area contributed by atoms with Gasteiger partial charge in [-0.25, -0.2) is 4.39 Å². The molecule has 1 atom stereocenters. The lowest BCUT2D eigenvalue weighted by molar-refractivity contribution is -0.140. The predicted molar refractivity (Wildman–Crippen MR) is 93.5 cm³/mol. The highest BCUT2D eigenvalue weighted by atomic mass is 19.1. The van der Waals surface area contributed by atoms with Crippen LogP contribution in [0, 0.1) is 11.7 Å². The highest BCUT2D eigenvalue weighted by Gasteiger charge is 2.48. The molecular formula is C20H24FN3O. The number of aryl methyl sites for hydroxylation is 1. The second-order valence-corrected chi connectivity index (χ2v) is 7.58. The second-order valence-electron chi connectivity index (χ2n) is 7.58. The summed E-state index contributed by atoms with van der Waals surface area (Å²) in [5, 5.41) is 4.22. The number of benzene rings is 1. The molecule has 1 unspecified atom stereocenters. The maximum absolute atomic E-state index is 13.7. The zero-order valence-corrected chi connectivity index (χ0v) is 14.6. The molecule has 4 nitrogen and oxygen atoms in total. The number of amides is 1. The molecule has 2 aliphatic rings. The number of halogens is 1.